The standard InChI is InChI=1S/C44H24S3/c1-3-25-7-9-29-11-15-31(33-17-13-27(5-1)41(25)43(29)33)35-19-21-37(45-35)39-23-24-40(47-39)38-22-20-36(46-38)32-16-12-30-10-8-26-4-2-6-28-14-18-34(32)44(30)42(26)28/h1-24H. The zero-order valence-corrected chi connectivity index (χ0v) is 27.5. The molecule has 0 radical (unpaired) electrons. The molecule has 11 rings (SSSR count). The summed E-state index contributed by atoms with van der Waals surface area (Å²) in [5.74, 6) is 0. The van der Waals surface area contributed by atoms with Crippen molar-refractivity contribution in [1.29, 1.82) is 0 Å². The summed E-state index contributed by atoms with van der Waals surface area (Å²) < 4.78 is 0. The quantitative estimate of drug-likeness (QED) is 0.167. The Morgan fingerprint density at radius 2 is 0.532 bits per heavy atom. The van der Waals surface area contributed by atoms with Crippen molar-refractivity contribution in [2.24, 2.45) is 0 Å². The van der Waals surface area contributed by atoms with Gasteiger partial charge in [-0.3, -0.25) is 0 Å². The minimum atomic E-state index is 1.31. The highest BCUT2D eigenvalue weighted by Crippen LogP contribution is 2.47. The third kappa shape index (κ3) is 3.79. The van der Waals surface area contributed by atoms with E-state index in [1.165, 1.54) is 105 Å². The molecule has 0 N–H and O–H groups in total. The molecule has 0 saturated carbocycles. The number of thiophene rings is 3. The lowest BCUT2D eigenvalue weighted by Gasteiger charge is -2.13. The van der Waals surface area contributed by atoms with Gasteiger partial charge in [0.25, 0.3) is 0 Å². The Bertz CT molecular complexity index is 2730. The van der Waals surface area contributed by atoms with E-state index in [2.05, 4.69) is 146 Å². The third-order valence-electron chi connectivity index (χ3n) is 9.89. The van der Waals surface area contributed by atoms with Crippen molar-refractivity contribution in [1.82, 2.24) is 0 Å². The van der Waals surface area contributed by atoms with Crippen LogP contribution in [0.5, 0.6) is 0 Å². The molecule has 0 aliphatic rings. The Morgan fingerprint density at radius 1 is 0.234 bits per heavy atom. The van der Waals surface area contributed by atoms with Crippen LogP contribution >= 0.6 is 34.0 Å². The lowest BCUT2D eigenvalue weighted by molar-refractivity contribution is 1.77. The summed E-state index contributed by atoms with van der Waals surface area (Å²) >= 11 is 5.69. The summed E-state index contributed by atoms with van der Waals surface area (Å²) in [6, 6.07) is 54.5. The van der Waals surface area contributed by atoms with Crippen LogP contribution < -0.4 is 0 Å². The fourth-order valence-electron chi connectivity index (χ4n) is 7.73. The second-order valence-corrected chi connectivity index (χ2v) is 15.7. The van der Waals surface area contributed by atoms with E-state index in [1.807, 2.05) is 34.0 Å². The molecular weight excluding hydrogens is 625 g/mol. The molecule has 0 unspecified atom stereocenters. The first-order valence-electron chi connectivity index (χ1n) is 15.9. The van der Waals surface area contributed by atoms with Crippen LogP contribution in [0.1, 0.15) is 0 Å². The first kappa shape index (κ1) is 26.1. The van der Waals surface area contributed by atoms with Crippen LogP contribution in [0.25, 0.3) is 105 Å². The molecule has 3 heteroatoms. The van der Waals surface area contributed by atoms with Crippen molar-refractivity contribution < 1.29 is 0 Å². The van der Waals surface area contributed by atoms with Crippen LogP contribution in [0.15, 0.2) is 146 Å². The van der Waals surface area contributed by atoms with Crippen molar-refractivity contribution in [3.63, 3.8) is 0 Å². The maximum atomic E-state index is 2.32. The SMILES string of the molecule is c1cc2ccc3ccc(-c4ccc(-c5ccc(-c6ccc(-c7ccc8ccc9cccc%10ccc7c8c9%10)s6)s5)s4)c4ccc(c1)c2c34. The molecule has 0 fully saturated rings. The molecule has 218 valence electrons. The smallest absolute Gasteiger partial charge is 0.0449 e. The Morgan fingerprint density at radius 3 is 0.936 bits per heavy atom. The van der Waals surface area contributed by atoms with Crippen LogP contribution in [0.4, 0.5) is 0 Å². The van der Waals surface area contributed by atoms with Gasteiger partial charge in [0.1, 0.15) is 0 Å². The molecular formula is C44H24S3. The van der Waals surface area contributed by atoms with Crippen molar-refractivity contribution in [2.75, 3.05) is 0 Å². The van der Waals surface area contributed by atoms with E-state index in [4.69, 9.17) is 0 Å². The molecule has 0 nitrogen and oxygen atoms in total. The average Bonchev–Trinajstić information content (AvgIpc) is 3.91. The van der Waals surface area contributed by atoms with E-state index in [1.54, 1.807) is 0 Å². The van der Waals surface area contributed by atoms with E-state index in [9.17, 15) is 0 Å². The van der Waals surface area contributed by atoms with Gasteiger partial charge < -0.3 is 0 Å². The van der Waals surface area contributed by atoms with Crippen LogP contribution in [0.3, 0.4) is 0 Å². The Balaban J connectivity index is 0.958. The van der Waals surface area contributed by atoms with Crippen LogP contribution in [-0.4, -0.2) is 0 Å². The van der Waals surface area contributed by atoms with Gasteiger partial charge >= 0.3 is 0 Å². The molecule has 0 saturated heterocycles. The van der Waals surface area contributed by atoms with Crippen molar-refractivity contribution in [2.45, 2.75) is 0 Å². The van der Waals surface area contributed by atoms with Gasteiger partial charge in [-0.2, -0.15) is 0 Å². The van der Waals surface area contributed by atoms with E-state index in [0.29, 0.717) is 0 Å². The molecule has 11 aromatic rings. The first-order chi connectivity index (χ1) is 23.3. The van der Waals surface area contributed by atoms with Crippen LogP contribution in [0, 0.1) is 0 Å². The van der Waals surface area contributed by atoms with Gasteiger partial charge in [0, 0.05) is 29.3 Å². The molecule has 0 aliphatic heterocycles. The number of hydrogen-bond acceptors (Lipinski definition) is 3. The first-order valence-corrected chi connectivity index (χ1v) is 18.4. The zero-order valence-electron chi connectivity index (χ0n) is 25.1. The van der Waals surface area contributed by atoms with Crippen molar-refractivity contribution in [3.05, 3.63) is 146 Å². The molecule has 0 atom stereocenters. The van der Waals surface area contributed by atoms with Gasteiger partial charge in [0.15, 0.2) is 0 Å². The van der Waals surface area contributed by atoms with Gasteiger partial charge in [0.2, 0.25) is 0 Å². The second kappa shape index (κ2) is 9.73. The summed E-state index contributed by atoms with van der Waals surface area (Å²) in [6.45, 7) is 0. The van der Waals surface area contributed by atoms with Crippen molar-refractivity contribution >= 4 is 98.6 Å². The molecule has 47 heavy (non-hydrogen) atoms. The minimum Gasteiger partial charge on any atom is -0.134 e. The highest BCUT2D eigenvalue weighted by atomic mass is 32.1. The van der Waals surface area contributed by atoms with Crippen LogP contribution in [0.2, 0.25) is 0 Å². The maximum absolute atomic E-state index is 2.32. The molecule has 3 heterocycles. The molecule has 0 spiro atoms. The molecule has 8 aromatic carbocycles. The zero-order chi connectivity index (χ0) is 30.6. The van der Waals surface area contributed by atoms with Gasteiger partial charge in [0.05, 0.1) is 0 Å². The predicted octanol–water partition coefficient (Wildman–Crippen LogP) is 14.3. The molecule has 0 aliphatic carbocycles. The Labute approximate surface area is 283 Å². The van der Waals surface area contributed by atoms with E-state index in [0.717, 1.165) is 0 Å². The number of benzene rings is 8. The normalized spacial score (nSPS) is 12.3. The highest BCUT2D eigenvalue weighted by molar-refractivity contribution is 7.28. The minimum absolute atomic E-state index is 1.31. The van der Waals surface area contributed by atoms with Gasteiger partial charge in [-0.05, 0) is 112 Å². The summed E-state index contributed by atoms with van der Waals surface area (Å²) in [7, 11) is 0. The van der Waals surface area contributed by atoms with Crippen LogP contribution in [-0.2, 0) is 0 Å². The van der Waals surface area contributed by atoms with E-state index >= 15 is 0 Å². The largest absolute Gasteiger partial charge is 0.134 e. The third-order valence-corrected chi connectivity index (χ3v) is 13.6. The molecule has 0 bridgehead atoms. The van der Waals surface area contributed by atoms with Gasteiger partial charge in [-0.25, -0.2) is 0 Å². The molecule has 3 aromatic heterocycles. The summed E-state index contributed by atoms with van der Waals surface area (Å²) in [4.78, 5) is 7.94. The number of rotatable bonds is 4. The second-order valence-electron chi connectivity index (χ2n) is 12.4. The fraction of sp³-hybridized carbons (Fsp3) is 0. The summed E-state index contributed by atoms with van der Waals surface area (Å²) in [5, 5.41) is 16.1. The van der Waals surface area contributed by atoms with Gasteiger partial charge in [-0.1, -0.05) is 109 Å². The van der Waals surface area contributed by atoms with Gasteiger partial charge in [-0.15, -0.1) is 34.0 Å². The summed E-state index contributed by atoms with van der Waals surface area (Å²) in [5.41, 5.74) is 2.64. The fourth-order valence-corrected chi connectivity index (χ4v) is 11.0. The monoisotopic (exact) mass is 648 g/mol. The Kier molecular flexibility index (Phi) is 5.39. The lowest BCUT2D eigenvalue weighted by atomic mass is 9.91. The van der Waals surface area contributed by atoms with E-state index in [-0.39, 0.29) is 0 Å². The predicted molar refractivity (Wildman–Crippen MR) is 209 cm³/mol. The maximum Gasteiger partial charge on any atom is 0.0449 e. The lowest BCUT2D eigenvalue weighted by Crippen LogP contribution is -1.85. The van der Waals surface area contributed by atoms with Crippen molar-refractivity contribution in [3.8, 4) is 40.4 Å². The molecule has 0 amide bonds. The highest BCUT2D eigenvalue weighted by Gasteiger charge is 2.17. The number of hydrogen-bond donors (Lipinski definition) is 0. The topological polar surface area (TPSA) is 0 Å². The van der Waals surface area contributed by atoms with E-state index < -0.39 is 0 Å². The Hall–Kier alpha value is -5.06. The summed E-state index contributed by atoms with van der Waals surface area (Å²) in [6.07, 6.45) is 0. The average molecular weight is 649 g/mol.